The van der Waals surface area contributed by atoms with E-state index in [0.717, 1.165) is 26.3 Å². The molecule has 0 saturated carbocycles. The van der Waals surface area contributed by atoms with Crippen LogP contribution in [0.5, 0.6) is 0 Å². The average molecular weight is 278 g/mol. The first-order valence-electron chi connectivity index (χ1n) is 8.10. The fourth-order valence-electron chi connectivity index (χ4n) is 3.00. The van der Waals surface area contributed by atoms with Gasteiger partial charge in [0.1, 0.15) is 0 Å². The molecule has 0 N–H and O–H groups in total. The van der Waals surface area contributed by atoms with Crippen molar-refractivity contribution in [3.8, 4) is 0 Å². The lowest BCUT2D eigenvalue weighted by molar-refractivity contribution is 0.140. The lowest BCUT2D eigenvalue weighted by Crippen LogP contribution is -2.31. The molecule has 3 heteroatoms. The highest BCUT2D eigenvalue weighted by Crippen LogP contribution is 2.16. The molecule has 0 aromatic carbocycles. The standard InChI is InChI=1S/C17H30N2O/c1-16-6-3-7-17(14-16)15-18(2)8-4-9-19-10-5-12-20-13-11-19/h3,7,14,16H,4-6,8-13,15H2,1-2H3. The van der Waals surface area contributed by atoms with Gasteiger partial charge in [0, 0.05) is 26.2 Å². The predicted molar refractivity (Wildman–Crippen MR) is 85.0 cm³/mol. The van der Waals surface area contributed by atoms with Gasteiger partial charge in [0.2, 0.25) is 0 Å². The number of allylic oxidation sites excluding steroid dienone is 2. The molecule has 0 aromatic rings. The molecule has 1 unspecified atom stereocenters. The smallest absolute Gasteiger partial charge is 0.0593 e. The molecule has 1 fully saturated rings. The summed E-state index contributed by atoms with van der Waals surface area (Å²) in [4.78, 5) is 4.99. The van der Waals surface area contributed by atoms with Crippen LogP contribution < -0.4 is 0 Å². The van der Waals surface area contributed by atoms with E-state index in [-0.39, 0.29) is 0 Å². The lowest BCUT2D eigenvalue weighted by atomic mass is 9.98. The van der Waals surface area contributed by atoms with Gasteiger partial charge in [0.25, 0.3) is 0 Å². The van der Waals surface area contributed by atoms with Gasteiger partial charge in [-0.15, -0.1) is 0 Å². The zero-order valence-electron chi connectivity index (χ0n) is 13.2. The average Bonchev–Trinajstić information content (AvgIpc) is 2.67. The van der Waals surface area contributed by atoms with Crippen molar-refractivity contribution < 1.29 is 4.74 Å². The molecule has 1 aliphatic carbocycles. The van der Waals surface area contributed by atoms with Crippen molar-refractivity contribution in [1.29, 1.82) is 0 Å². The number of ether oxygens (including phenoxy) is 1. The quantitative estimate of drug-likeness (QED) is 0.742. The predicted octanol–water partition coefficient (Wildman–Crippen LogP) is 2.55. The van der Waals surface area contributed by atoms with Crippen molar-refractivity contribution in [1.82, 2.24) is 9.80 Å². The van der Waals surface area contributed by atoms with Gasteiger partial charge in [-0.1, -0.05) is 25.2 Å². The van der Waals surface area contributed by atoms with Gasteiger partial charge in [-0.2, -0.15) is 0 Å². The third-order valence-electron chi connectivity index (χ3n) is 4.12. The van der Waals surface area contributed by atoms with E-state index in [0.29, 0.717) is 5.92 Å². The van der Waals surface area contributed by atoms with E-state index < -0.39 is 0 Å². The first kappa shape index (κ1) is 15.7. The van der Waals surface area contributed by atoms with Crippen LogP contribution in [0, 0.1) is 5.92 Å². The summed E-state index contributed by atoms with van der Waals surface area (Å²) in [6, 6.07) is 0. The molecule has 1 aliphatic heterocycles. The largest absolute Gasteiger partial charge is 0.380 e. The maximum absolute atomic E-state index is 5.50. The second kappa shape index (κ2) is 8.60. The molecule has 1 heterocycles. The minimum atomic E-state index is 0.709. The Balaban J connectivity index is 1.62. The summed E-state index contributed by atoms with van der Waals surface area (Å²) in [5, 5.41) is 0. The maximum Gasteiger partial charge on any atom is 0.0593 e. The topological polar surface area (TPSA) is 15.7 Å². The second-order valence-corrected chi connectivity index (χ2v) is 6.26. The number of nitrogens with zero attached hydrogens (tertiary/aromatic N) is 2. The molecular formula is C17H30N2O. The van der Waals surface area contributed by atoms with Crippen LogP contribution in [0.3, 0.4) is 0 Å². The first-order chi connectivity index (χ1) is 9.74. The Labute approximate surface area is 124 Å². The molecule has 0 radical (unpaired) electrons. The van der Waals surface area contributed by atoms with Crippen molar-refractivity contribution in [2.45, 2.75) is 26.2 Å². The van der Waals surface area contributed by atoms with Crippen LogP contribution in [-0.4, -0.2) is 62.8 Å². The fourth-order valence-corrected chi connectivity index (χ4v) is 3.00. The second-order valence-electron chi connectivity index (χ2n) is 6.26. The van der Waals surface area contributed by atoms with Crippen molar-refractivity contribution in [2.75, 3.05) is 53.0 Å². The molecule has 20 heavy (non-hydrogen) atoms. The fraction of sp³-hybridized carbons (Fsp3) is 0.765. The van der Waals surface area contributed by atoms with E-state index in [9.17, 15) is 0 Å². The van der Waals surface area contributed by atoms with Crippen LogP contribution in [0.4, 0.5) is 0 Å². The summed E-state index contributed by atoms with van der Waals surface area (Å²) in [5.74, 6) is 0.709. The summed E-state index contributed by atoms with van der Waals surface area (Å²) in [5.41, 5.74) is 1.48. The van der Waals surface area contributed by atoms with Crippen LogP contribution in [-0.2, 0) is 4.74 Å². The molecular weight excluding hydrogens is 248 g/mol. The molecule has 114 valence electrons. The number of hydrogen-bond acceptors (Lipinski definition) is 3. The monoisotopic (exact) mass is 278 g/mol. The van der Waals surface area contributed by atoms with Gasteiger partial charge >= 0.3 is 0 Å². The van der Waals surface area contributed by atoms with Crippen LogP contribution in [0.1, 0.15) is 26.2 Å². The highest BCUT2D eigenvalue weighted by atomic mass is 16.5. The summed E-state index contributed by atoms with van der Waals surface area (Å²) in [6.45, 7) is 9.93. The van der Waals surface area contributed by atoms with E-state index in [1.165, 1.54) is 44.5 Å². The Bertz CT molecular complexity index is 330. The molecule has 0 amide bonds. The molecule has 0 bridgehead atoms. The van der Waals surface area contributed by atoms with E-state index in [2.05, 4.69) is 42.0 Å². The van der Waals surface area contributed by atoms with Crippen LogP contribution in [0.2, 0.25) is 0 Å². The maximum atomic E-state index is 5.50. The summed E-state index contributed by atoms with van der Waals surface area (Å²) in [7, 11) is 2.24. The Morgan fingerprint density at radius 3 is 3.10 bits per heavy atom. The van der Waals surface area contributed by atoms with Crippen molar-refractivity contribution >= 4 is 0 Å². The number of hydrogen-bond donors (Lipinski definition) is 0. The molecule has 2 rings (SSSR count). The van der Waals surface area contributed by atoms with Crippen molar-refractivity contribution in [2.24, 2.45) is 5.92 Å². The van der Waals surface area contributed by atoms with Gasteiger partial charge in [-0.25, -0.2) is 0 Å². The first-order valence-corrected chi connectivity index (χ1v) is 8.10. The molecule has 0 aromatic heterocycles. The molecule has 2 aliphatic rings. The minimum absolute atomic E-state index is 0.709. The van der Waals surface area contributed by atoms with Crippen LogP contribution in [0.25, 0.3) is 0 Å². The van der Waals surface area contributed by atoms with E-state index >= 15 is 0 Å². The Hall–Kier alpha value is -0.640. The SMILES string of the molecule is CC1C=C(CN(C)CCCN2CCCOCC2)C=CC1. The van der Waals surface area contributed by atoms with E-state index in [1.54, 1.807) is 0 Å². The third kappa shape index (κ3) is 5.78. The molecule has 0 spiro atoms. The zero-order valence-corrected chi connectivity index (χ0v) is 13.2. The lowest BCUT2D eigenvalue weighted by Gasteiger charge is -2.23. The number of rotatable bonds is 6. The molecule has 1 atom stereocenters. The normalized spacial score (nSPS) is 24.8. The van der Waals surface area contributed by atoms with Gasteiger partial charge in [-0.3, -0.25) is 0 Å². The highest BCUT2D eigenvalue weighted by Gasteiger charge is 2.10. The van der Waals surface area contributed by atoms with Crippen molar-refractivity contribution in [3.63, 3.8) is 0 Å². The summed E-state index contributed by atoms with van der Waals surface area (Å²) < 4.78 is 5.50. The number of likely N-dealkylation sites (N-methyl/N-ethyl adjacent to an activating group) is 1. The Morgan fingerprint density at radius 1 is 1.35 bits per heavy atom. The molecule has 1 saturated heterocycles. The van der Waals surface area contributed by atoms with Crippen LogP contribution in [0.15, 0.2) is 23.8 Å². The Morgan fingerprint density at radius 2 is 2.25 bits per heavy atom. The van der Waals surface area contributed by atoms with E-state index in [1.807, 2.05) is 0 Å². The van der Waals surface area contributed by atoms with E-state index in [4.69, 9.17) is 4.74 Å². The van der Waals surface area contributed by atoms with Gasteiger partial charge in [-0.05, 0) is 50.9 Å². The van der Waals surface area contributed by atoms with Gasteiger partial charge < -0.3 is 14.5 Å². The summed E-state index contributed by atoms with van der Waals surface area (Å²) >= 11 is 0. The van der Waals surface area contributed by atoms with Gasteiger partial charge in [0.15, 0.2) is 0 Å². The third-order valence-corrected chi connectivity index (χ3v) is 4.12. The Kier molecular flexibility index (Phi) is 6.77. The zero-order chi connectivity index (χ0) is 14.2. The summed E-state index contributed by atoms with van der Waals surface area (Å²) in [6.07, 6.45) is 10.7. The molecule has 3 nitrogen and oxygen atoms in total. The minimum Gasteiger partial charge on any atom is -0.380 e. The van der Waals surface area contributed by atoms with Crippen molar-refractivity contribution in [3.05, 3.63) is 23.8 Å². The highest BCUT2D eigenvalue weighted by molar-refractivity contribution is 5.24. The van der Waals surface area contributed by atoms with Crippen LogP contribution >= 0.6 is 0 Å². The van der Waals surface area contributed by atoms with Gasteiger partial charge in [0.05, 0.1) is 6.61 Å².